The number of rotatable bonds is 8. The van der Waals surface area contributed by atoms with Crippen molar-refractivity contribution in [2.24, 2.45) is 0 Å². The summed E-state index contributed by atoms with van der Waals surface area (Å²) in [6, 6.07) is 28.3. The molecule has 6 heteroatoms. The van der Waals surface area contributed by atoms with Crippen LogP contribution in [0.2, 0.25) is 0 Å². The van der Waals surface area contributed by atoms with E-state index in [-0.39, 0.29) is 11.7 Å². The SMILES string of the molecule is Cc1ccccc1-n1c(SCC(=O)NCCc2ccccc2)nnc1-c1ccccc1. The van der Waals surface area contributed by atoms with E-state index in [0.717, 1.165) is 29.1 Å². The van der Waals surface area contributed by atoms with E-state index in [4.69, 9.17) is 0 Å². The van der Waals surface area contributed by atoms with Crippen molar-refractivity contribution in [2.75, 3.05) is 12.3 Å². The van der Waals surface area contributed by atoms with Crippen LogP contribution in [-0.2, 0) is 11.2 Å². The smallest absolute Gasteiger partial charge is 0.230 e. The number of thioether (sulfide) groups is 1. The minimum Gasteiger partial charge on any atom is -0.355 e. The quantitative estimate of drug-likeness (QED) is 0.414. The maximum Gasteiger partial charge on any atom is 0.230 e. The van der Waals surface area contributed by atoms with Gasteiger partial charge in [-0.25, -0.2) is 0 Å². The van der Waals surface area contributed by atoms with Crippen molar-refractivity contribution in [1.29, 1.82) is 0 Å². The van der Waals surface area contributed by atoms with Gasteiger partial charge in [0.1, 0.15) is 0 Å². The number of nitrogens with zero attached hydrogens (tertiary/aromatic N) is 3. The Hall–Kier alpha value is -3.38. The lowest BCUT2D eigenvalue weighted by atomic mass is 10.1. The van der Waals surface area contributed by atoms with E-state index in [1.165, 1.54) is 17.3 Å². The highest BCUT2D eigenvalue weighted by Gasteiger charge is 2.18. The highest BCUT2D eigenvalue weighted by Crippen LogP contribution is 2.29. The Morgan fingerprint density at radius 3 is 2.32 bits per heavy atom. The predicted octanol–water partition coefficient (Wildman–Crippen LogP) is 4.69. The van der Waals surface area contributed by atoms with Crippen LogP contribution in [0.5, 0.6) is 0 Å². The summed E-state index contributed by atoms with van der Waals surface area (Å²) in [6.45, 7) is 2.68. The van der Waals surface area contributed by atoms with Gasteiger partial charge < -0.3 is 5.32 Å². The van der Waals surface area contributed by atoms with Crippen molar-refractivity contribution in [3.8, 4) is 17.1 Å². The molecule has 0 bridgehead atoms. The van der Waals surface area contributed by atoms with Gasteiger partial charge in [-0.05, 0) is 30.5 Å². The van der Waals surface area contributed by atoms with Crippen LogP contribution in [0, 0.1) is 6.92 Å². The molecule has 4 aromatic rings. The first-order valence-electron chi connectivity index (χ1n) is 10.2. The Kier molecular flexibility index (Phi) is 6.79. The number of hydrogen-bond acceptors (Lipinski definition) is 4. The fourth-order valence-corrected chi connectivity index (χ4v) is 4.12. The van der Waals surface area contributed by atoms with Crippen molar-refractivity contribution < 1.29 is 4.79 Å². The normalized spacial score (nSPS) is 10.7. The van der Waals surface area contributed by atoms with E-state index >= 15 is 0 Å². The third-order valence-electron chi connectivity index (χ3n) is 4.93. The molecule has 0 aliphatic rings. The summed E-state index contributed by atoms with van der Waals surface area (Å²) in [5.74, 6) is 1.04. The molecule has 5 nitrogen and oxygen atoms in total. The fraction of sp³-hybridized carbons (Fsp3) is 0.160. The van der Waals surface area contributed by atoms with E-state index in [1.54, 1.807) is 0 Å². The van der Waals surface area contributed by atoms with Crippen LogP contribution < -0.4 is 5.32 Å². The predicted molar refractivity (Wildman–Crippen MR) is 125 cm³/mol. The Balaban J connectivity index is 1.49. The van der Waals surface area contributed by atoms with Crippen molar-refractivity contribution in [2.45, 2.75) is 18.5 Å². The number of aryl methyl sites for hydroxylation is 1. The van der Waals surface area contributed by atoms with Crippen LogP contribution in [0.15, 0.2) is 90.1 Å². The van der Waals surface area contributed by atoms with Crippen molar-refractivity contribution in [1.82, 2.24) is 20.1 Å². The standard InChI is InChI=1S/C25H24N4OS/c1-19-10-8-9-15-22(19)29-24(21-13-6-3-7-14-21)27-28-25(29)31-18-23(30)26-17-16-20-11-4-2-5-12-20/h2-15H,16-18H2,1H3,(H,26,30). The summed E-state index contributed by atoms with van der Waals surface area (Å²) >= 11 is 1.40. The Morgan fingerprint density at radius 1 is 0.903 bits per heavy atom. The van der Waals surface area contributed by atoms with E-state index < -0.39 is 0 Å². The minimum atomic E-state index is -0.0125. The lowest BCUT2D eigenvalue weighted by molar-refractivity contribution is -0.118. The summed E-state index contributed by atoms with van der Waals surface area (Å²) < 4.78 is 2.03. The second kappa shape index (κ2) is 10.1. The maximum absolute atomic E-state index is 12.4. The lowest BCUT2D eigenvalue weighted by Crippen LogP contribution is -2.27. The van der Waals surface area contributed by atoms with Crippen LogP contribution in [0.25, 0.3) is 17.1 Å². The van der Waals surface area contributed by atoms with Gasteiger partial charge in [-0.3, -0.25) is 9.36 Å². The molecule has 0 unspecified atom stereocenters. The first-order valence-corrected chi connectivity index (χ1v) is 11.2. The Bertz CT molecular complexity index is 1140. The fourth-order valence-electron chi connectivity index (χ4n) is 3.34. The topological polar surface area (TPSA) is 59.8 Å². The van der Waals surface area contributed by atoms with Crippen LogP contribution in [0.4, 0.5) is 0 Å². The van der Waals surface area contributed by atoms with Gasteiger partial charge in [0.2, 0.25) is 5.91 Å². The van der Waals surface area contributed by atoms with Gasteiger partial charge in [0.05, 0.1) is 11.4 Å². The van der Waals surface area contributed by atoms with Crippen LogP contribution in [0.3, 0.4) is 0 Å². The molecule has 0 aliphatic heterocycles. The largest absolute Gasteiger partial charge is 0.355 e. The molecule has 4 rings (SSSR count). The summed E-state index contributed by atoms with van der Waals surface area (Å²) in [5, 5.41) is 12.5. The van der Waals surface area contributed by atoms with Crippen molar-refractivity contribution in [3.05, 3.63) is 96.1 Å². The van der Waals surface area contributed by atoms with Gasteiger partial charge >= 0.3 is 0 Å². The number of carbonyl (C=O) groups excluding carboxylic acids is 1. The van der Waals surface area contributed by atoms with Gasteiger partial charge in [0, 0.05) is 12.1 Å². The molecule has 0 radical (unpaired) electrons. The van der Waals surface area contributed by atoms with Gasteiger partial charge in [0.25, 0.3) is 0 Å². The Morgan fingerprint density at radius 2 is 1.58 bits per heavy atom. The number of nitrogens with one attached hydrogen (secondary N) is 1. The average Bonchev–Trinajstić information content (AvgIpc) is 3.23. The number of benzene rings is 3. The van der Waals surface area contributed by atoms with Crippen molar-refractivity contribution >= 4 is 17.7 Å². The average molecular weight is 429 g/mol. The summed E-state index contributed by atoms with van der Waals surface area (Å²) in [7, 11) is 0. The van der Waals surface area contributed by atoms with Gasteiger partial charge in [-0.2, -0.15) is 0 Å². The lowest BCUT2D eigenvalue weighted by Gasteiger charge is -2.13. The molecule has 3 aromatic carbocycles. The first kappa shape index (κ1) is 20.9. The summed E-state index contributed by atoms with van der Waals surface area (Å²) in [6.07, 6.45) is 0.814. The van der Waals surface area contributed by atoms with E-state index in [9.17, 15) is 4.79 Å². The molecular weight excluding hydrogens is 404 g/mol. The second-order valence-electron chi connectivity index (χ2n) is 7.17. The molecule has 0 spiro atoms. The zero-order valence-electron chi connectivity index (χ0n) is 17.4. The monoisotopic (exact) mass is 428 g/mol. The molecule has 1 aromatic heterocycles. The molecule has 0 aliphatic carbocycles. The van der Waals surface area contributed by atoms with E-state index in [0.29, 0.717) is 11.7 Å². The molecule has 31 heavy (non-hydrogen) atoms. The number of carbonyl (C=O) groups is 1. The number of amides is 1. The highest BCUT2D eigenvalue weighted by molar-refractivity contribution is 7.99. The van der Waals surface area contributed by atoms with Crippen LogP contribution in [0.1, 0.15) is 11.1 Å². The molecule has 0 fully saturated rings. The number of hydrogen-bond donors (Lipinski definition) is 1. The third kappa shape index (κ3) is 5.22. The molecule has 0 atom stereocenters. The molecule has 156 valence electrons. The third-order valence-corrected chi connectivity index (χ3v) is 5.86. The van der Waals surface area contributed by atoms with Crippen molar-refractivity contribution in [3.63, 3.8) is 0 Å². The molecule has 1 N–H and O–H groups in total. The molecular formula is C25H24N4OS. The highest BCUT2D eigenvalue weighted by atomic mass is 32.2. The zero-order chi connectivity index (χ0) is 21.5. The summed E-state index contributed by atoms with van der Waals surface area (Å²) in [4.78, 5) is 12.4. The van der Waals surface area contributed by atoms with Gasteiger partial charge in [-0.15, -0.1) is 10.2 Å². The number of aromatic nitrogens is 3. The zero-order valence-corrected chi connectivity index (χ0v) is 18.2. The van der Waals surface area contributed by atoms with Crippen LogP contribution >= 0.6 is 11.8 Å². The summed E-state index contributed by atoms with van der Waals surface area (Å²) in [5.41, 5.74) is 4.33. The molecule has 0 saturated heterocycles. The first-order chi connectivity index (χ1) is 15.2. The van der Waals surface area contributed by atoms with Gasteiger partial charge in [-0.1, -0.05) is 90.6 Å². The second-order valence-corrected chi connectivity index (χ2v) is 8.11. The molecule has 1 heterocycles. The maximum atomic E-state index is 12.4. The van der Waals surface area contributed by atoms with Gasteiger partial charge in [0.15, 0.2) is 11.0 Å². The van der Waals surface area contributed by atoms with E-state index in [2.05, 4.69) is 46.7 Å². The Labute approximate surface area is 186 Å². The van der Waals surface area contributed by atoms with Crippen LogP contribution in [-0.4, -0.2) is 33.0 Å². The number of para-hydroxylation sites is 1. The minimum absolute atomic E-state index is 0.0125. The molecule has 0 saturated carbocycles. The van der Waals surface area contributed by atoms with E-state index in [1.807, 2.05) is 65.2 Å². The molecule has 1 amide bonds.